The number of hydrogen-bond donors (Lipinski definition) is 1. The number of anilines is 1. The maximum atomic E-state index is 12.8. The average Bonchev–Trinajstić information content (AvgIpc) is 3.12. The molecule has 0 saturated carbocycles. The van der Waals surface area contributed by atoms with Crippen molar-refractivity contribution in [2.24, 2.45) is 0 Å². The van der Waals surface area contributed by atoms with Gasteiger partial charge in [-0.3, -0.25) is 0 Å². The smallest absolute Gasteiger partial charge is 0.416 e. The van der Waals surface area contributed by atoms with Crippen molar-refractivity contribution in [1.29, 1.82) is 0 Å². The van der Waals surface area contributed by atoms with Crippen molar-refractivity contribution in [1.82, 2.24) is 15.1 Å². The van der Waals surface area contributed by atoms with Crippen LogP contribution in [-0.4, -0.2) is 48.1 Å². The molecular weight excluding hydrogens is 361 g/mol. The number of benzene rings is 1. The number of piperidine rings is 1. The molecule has 1 fully saturated rings. The predicted octanol–water partition coefficient (Wildman–Crippen LogP) is 3.40. The van der Waals surface area contributed by atoms with E-state index in [4.69, 9.17) is 9.47 Å². The van der Waals surface area contributed by atoms with E-state index in [-0.39, 0.29) is 12.8 Å². The molecule has 0 spiro atoms. The summed E-state index contributed by atoms with van der Waals surface area (Å²) in [5, 5.41) is 11.7. The minimum absolute atomic E-state index is 0.0234. The van der Waals surface area contributed by atoms with Crippen molar-refractivity contribution in [3.8, 4) is 22.8 Å². The summed E-state index contributed by atoms with van der Waals surface area (Å²) < 4.78 is 49.4. The maximum Gasteiger partial charge on any atom is 0.416 e. The molecule has 1 aromatic carbocycles. The Hall–Kier alpha value is -2.55. The first-order valence-electron chi connectivity index (χ1n) is 8.71. The van der Waals surface area contributed by atoms with Gasteiger partial charge >= 0.3 is 6.18 Å². The summed E-state index contributed by atoms with van der Waals surface area (Å²) in [5.74, 6) is 1.35. The van der Waals surface area contributed by atoms with E-state index in [1.54, 1.807) is 0 Å². The third-order valence-corrected chi connectivity index (χ3v) is 4.74. The minimum atomic E-state index is -4.38. The highest BCUT2D eigenvalue weighted by Crippen LogP contribution is 2.44. The highest BCUT2D eigenvalue weighted by molar-refractivity contribution is 5.74. The Bertz CT molecular complexity index is 827. The van der Waals surface area contributed by atoms with Gasteiger partial charge in [0, 0.05) is 18.2 Å². The van der Waals surface area contributed by atoms with Crippen molar-refractivity contribution in [2.75, 3.05) is 32.2 Å². The fraction of sp³-hybridized carbons (Fsp3) is 0.444. The number of nitrogens with one attached hydrogen (secondary N) is 1. The lowest BCUT2D eigenvalue weighted by Gasteiger charge is -2.30. The molecule has 2 aliphatic rings. The molecule has 2 aliphatic heterocycles. The van der Waals surface area contributed by atoms with Crippen molar-refractivity contribution >= 4 is 5.82 Å². The number of nitrogens with zero attached hydrogens (tertiary/aromatic N) is 3. The van der Waals surface area contributed by atoms with Crippen LogP contribution in [0.4, 0.5) is 19.0 Å². The first-order chi connectivity index (χ1) is 12.9. The van der Waals surface area contributed by atoms with Crippen LogP contribution in [0.25, 0.3) is 11.3 Å². The summed E-state index contributed by atoms with van der Waals surface area (Å²) in [7, 11) is 2.07. The average molecular weight is 380 g/mol. The Kier molecular flexibility index (Phi) is 4.55. The lowest BCUT2D eigenvalue weighted by atomic mass is 10.1. The van der Waals surface area contributed by atoms with Gasteiger partial charge in [0.05, 0.1) is 5.56 Å². The molecule has 0 unspecified atom stereocenters. The zero-order valence-electron chi connectivity index (χ0n) is 14.7. The SMILES string of the molecule is CN1CCC[C@@H](Nc2nnc(-c3ccc(C(F)(F)F)cc3)c3c2OCO3)C1. The number of ether oxygens (including phenoxy) is 2. The second-order valence-electron chi connectivity index (χ2n) is 6.78. The summed E-state index contributed by atoms with van der Waals surface area (Å²) in [6.07, 6.45) is -2.28. The molecule has 0 radical (unpaired) electrons. The summed E-state index contributed by atoms with van der Waals surface area (Å²) in [6.45, 7) is 1.97. The molecule has 0 bridgehead atoms. The quantitative estimate of drug-likeness (QED) is 0.881. The van der Waals surface area contributed by atoms with Gasteiger partial charge in [0.25, 0.3) is 0 Å². The van der Waals surface area contributed by atoms with Gasteiger partial charge in [-0.05, 0) is 38.6 Å². The molecule has 4 rings (SSSR count). The highest BCUT2D eigenvalue weighted by atomic mass is 19.4. The summed E-state index contributed by atoms with van der Waals surface area (Å²) >= 11 is 0. The topological polar surface area (TPSA) is 59.5 Å². The molecule has 1 saturated heterocycles. The standard InChI is InChI=1S/C18H19F3N4O2/c1-25-8-2-3-13(9-25)22-17-16-15(26-10-27-16)14(23-24-17)11-4-6-12(7-5-11)18(19,20)21/h4-7,13H,2-3,8-10H2,1H3,(H,22,24)/t13-/m1/s1. The molecule has 1 N–H and O–H groups in total. The van der Waals surface area contributed by atoms with E-state index in [9.17, 15) is 13.2 Å². The van der Waals surface area contributed by atoms with Gasteiger partial charge in [-0.2, -0.15) is 13.2 Å². The third-order valence-electron chi connectivity index (χ3n) is 4.74. The number of likely N-dealkylation sites (N-methyl/N-ethyl adjacent to an activating group) is 1. The van der Waals surface area contributed by atoms with E-state index >= 15 is 0 Å². The van der Waals surface area contributed by atoms with E-state index in [1.165, 1.54) is 12.1 Å². The molecule has 3 heterocycles. The Morgan fingerprint density at radius 2 is 1.85 bits per heavy atom. The first-order valence-corrected chi connectivity index (χ1v) is 8.71. The fourth-order valence-corrected chi connectivity index (χ4v) is 3.40. The molecule has 27 heavy (non-hydrogen) atoms. The largest absolute Gasteiger partial charge is 0.451 e. The number of rotatable bonds is 3. The van der Waals surface area contributed by atoms with Gasteiger partial charge in [0.2, 0.25) is 12.5 Å². The second-order valence-corrected chi connectivity index (χ2v) is 6.78. The summed E-state index contributed by atoms with van der Waals surface area (Å²) in [4.78, 5) is 2.24. The number of likely N-dealkylation sites (tertiary alicyclic amines) is 1. The number of halogens is 3. The zero-order chi connectivity index (χ0) is 19.0. The Balaban J connectivity index is 1.61. The molecule has 0 amide bonds. The van der Waals surface area contributed by atoms with Crippen molar-refractivity contribution in [3.63, 3.8) is 0 Å². The molecule has 6 nitrogen and oxygen atoms in total. The Morgan fingerprint density at radius 3 is 2.56 bits per heavy atom. The van der Waals surface area contributed by atoms with Gasteiger partial charge in [-0.25, -0.2) is 0 Å². The number of alkyl halides is 3. The van der Waals surface area contributed by atoms with E-state index in [2.05, 4.69) is 27.5 Å². The van der Waals surface area contributed by atoms with Crippen molar-refractivity contribution in [3.05, 3.63) is 29.8 Å². The molecule has 2 aromatic rings. The van der Waals surface area contributed by atoms with E-state index < -0.39 is 11.7 Å². The highest BCUT2D eigenvalue weighted by Gasteiger charge is 2.31. The molecule has 1 atom stereocenters. The van der Waals surface area contributed by atoms with Crippen LogP contribution in [0.1, 0.15) is 18.4 Å². The van der Waals surface area contributed by atoms with Crippen LogP contribution < -0.4 is 14.8 Å². The van der Waals surface area contributed by atoms with Gasteiger partial charge < -0.3 is 19.7 Å². The van der Waals surface area contributed by atoms with Crippen LogP contribution >= 0.6 is 0 Å². The van der Waals surface area contributed by atoms with Crippen LogP contribution in [0.2, 0.25) is 0 Å². The number of aromatic nitrogens is 2. The van der Waals surface area contributed by atoms with Crippen molar-refractivity contribution < 1.29 is 22.6 Å². The molecule has 144 valence electrons. The molecule has 1 aromatic heterocycles. The van der Waals surface area contributed by atoms with Crippen LogP contribution in [0.15, 0.2) is 24.3 Å². The van der Waals surface area contributed by atoms with Crippen LogP contribution in [0, 0.1) is 0 Å². The molecule has 0 aliphatic carbocycles. The van der Waals surface area contributed by atoms with Crippen molar-refractivity contribution in [2.45, 2.75) is 25.1 Å². The monoisotopic (exact) mass is 380 g/mol. The van der Waals surface area contributed by atoms with Gasteiger partial charge in [0.1, 0.15) is 5.69 Å². The van der Waals surface area contributed by atoms with E-state index in [0.717, 1.165) is 38.1 Å². The summed E-state index contributed by atoms with van der Waals surface area (Å²) in [6, 6.07) is 4.98. The van der Waals surface area contributed by atoms with Gasteiger partial charge in [-0.1, -0.05) is 12.1 Å². The van der Waals surface area contributed by atoms with Gasteiger partial charge in [0.15, 0.2) is 11.6 Å². The zero-order valence-corrected chi connectivity index (χ0v) is 14.7. The third kappa shape index (κ3) is 3.64. The minimum Gasteiger partial charge on any atom is -0.451 e. The normalized spacial score (nSPS) is 19.9. The first kappa shape index (κ1) is 17.8. The van der Waals surface area contributed by atoms with Gasteiger partial charge in [-0.15, -0.1) is 10.2 Å². The predicted molar refractivity (Wildman–Crippen MR) is 92.7 cm³/mol. The van der Waals surface area contributed by atoms with Crippen LogP contribution in [0.3, 0.4) is 0 Å². The van der Waals surface area contributed by atoms with E-state index in [1.807, 2.05) is 0 Å². The van der Waals surface area contributed by atoms with Crippen LogP contribution in [-0.2, 0) is 6.18 Å². The fourth-order valence-electron chi connectivity index (χ4n) is 3.40. The maximum absolute atomic E-state index is 12.8. The molecule has 9 heteroatoms. The van der Waals surface area contributed by atoms with E-state index in [0.29, 0.717) is 28.6 Å². The Labute approximate surface area is 154 Å². The second kappa shape index (κ2) is 6.88. The lowest BCUT2D eigenvalue weighted by Crippen LogP contribution is -2.40. The number of hydrogen-bond acceptors (Lipinski definition) is 6. The molecular formula is C18H19F3N4O2. The lowest BCUT2D eigenvalue weighted by molar-refractivity contribution is -0.137. The van der Waals surface area contributed by atoms with Crippen LogP contribution in [0.5, 0.6) is 11.5 Å². The Morgan fingerprint density at radius 1 is 1.11 bits per heavy atom. The number of fused-ring (bicyclic) bond motifs is 1. The summed E-state index contributed by atoms with van der Waals surface area (Å²) in [5.41, 5.74) is 0.136.